The number of nitrogens with one attached hydrogen (secondary N) is 1. The van der Waals surface area contributed by atoms with Crippen molar-refractivity contribution in [3.63, 3.8) is 0 Å². The number of ether oxygens (including phenoxy) is 1. The Morgan fingerprint density at radius 3 is 2.61 bits per heavy atom. The van der Waals surface area contributed by atoms with Gasteiger partial charge in [0.1, 0.15) is 5.75 Å². The van der Waals surface area contributed by atoms with Crippen molar-refractivity contribution in [2.75, 3.05) is 11.9 Å². The van der Waals surface area contributed by atoms with E-state index in [0.717, 1.165) is 14.5 Å². The molecule has 0 saturated heterocycles. The van der Waals surface area contributed by atoms with Gasteiger partial charge in [-0.05, 0) is 58.7 Å². The van der Waals surface area contributed by atoms with Gasteiger partial charge in [0, 0.05) is 10.2 Å². The van der Waals surface area contributed by atoms with Crippen LogP contribution < -0.4 is 10.1 Å². The second-order valence-electron chi connectivity index (χ2n) is 4.76. The SMILES string of the molecule is Cc1cc(Br)cc(Br)c1OCC(=O)Nc1cccc(C(=O)O)c1. The molecule has 0 aliphatic rings. The maximum absolute atomic E-state index is 11.9. The van der Waals surface area contributed by atoms with Crippen LogP contribution in [0.4, 0.5) is 5.69 Å². The Labute approximate surface area is 149 Å². The average molecular weight is 443 g/mol. The fraction of sp³-hybridized carbons (Fsp3) is 0.125. The largest absolute Gasteiger partial charge is 0.482 e. The number of benzene rings is 2. The van der Waals surface area contributed by atoms with E-state index in [1.165, 1.54) is 12.1 Å². The Kier molecular flexibility index (Phi) is 5.79. The van der Waals surface area contributed by atoms with Crippen molar-refractivity contribution in [1.29, 1.82) is 0 Å². The number of rotatable bonds is 5. The van der Waals surface area contributed by atoms with Crippen LogP contribution >= 0.6 is 31.9 Å². The average Bonchev–Trinajstić information content (AvgIpc) is 2.46. The van der Waals surface area contributed by atoms with Gasteiger partial charge in [0.05, 0.1) is 10.0 Å². The number of carbonyl (C=O) groups is 2. The molecule has 0 spiro atoms. The van der Waals surface area contributed by atoms with Crippen LogP contribution in [0.1, 0.15) is 15.9 Å². The first kappa shape index (κ1) is 17.5. The molecule has 0 aliphatic heterocycles. The zero-order valence-corrected chi connectivity index (χ0v) is 15.3. The molecule has 0 atom stereocenters. The zero-order chi connectivity index (χ0) is 17.0. The topological polar surface area (TPSA) is 75.6 Å². The zero-order valence-electron chi connectivity index (χ0n) is 12.1. The van der Waals surface area contributed by atoms with E-state index in [9.17, 15) is 9.59 Å². The van der Waals surface area contributed by atoms with E-state index >= 15 is 0 Å². The van der Waals surface area contributed by atoms with E-state index < -0.39 is 5.97 Å². The molecule has 0 unspecified atom stereocenters. The maximum Gasteiger partial charge on any atom is 0.335 e. The molecule has 2 aromatic rings. The summed E-state index contributed by atoms with van der Waals surface area (Å²) < 4.78 is 7.19. The predicted molar refractivity (Wildman–Crippen MR) is 94.1 cm³/mol. The Balaban J connectivity index is 2.01. The minimum Gasteiger partial charge on any atom is -0.482 e. The standard InChI is InChI=1S/C16H13Br2NO4/c1-9-5-11(17)7-13(18)15(9)23-8-14(20)19-12-4-2-3-10(6-12)16(21)22/h2-7H,8H2,1H3,(H,19,20)(H,21,22). The third-order valence-corrected chi connectivity index (χ3v) is 3.98. The number of anilines is 1. The van der Waals surface area contributed by atoms with Crippen LogP contribution in [0.5, 0.6) is 5.75 Å². The van der Waals surface area contributed by atoms with E-state index in [4.69, 9.17) is 9.84 Å². The highest BCUT2D eigenvalue weighted by molar-refractivity contribution is 9.11. The van der Waals surface area contributed by atoms with Crippen molar-refractivity contribution in [2.45, 2.75) is 6.92 Å². The molecule has 5 nitrogen and oxygen atoms in total. The lowest BCUT2D eigenvalue weighted by atomic mass is 10.2. The van der Waals surface area contributed by atoms with Crippen LogP contribution in [0, 0.1) is 6.92 Å². The molecule has 120 valence electrons. The smallest absolute Gasteiger partial charge is 0.335 e. The number of aromatic carboxylic acids is 1. The Morgan fingerprint density at radius 1 is 1.22 bits per heavy atom. The molecule has 0 bridgehead atoms. The number of carboxylic acids is 1. The molecule has 2 aromatic carbocycles. The van der Waals surface area contributed by atoms with Crippen LogP contribution in [0.2, 0.25) is 0 Å². The number of halogens is 2. The van der Waals surface area contributed by atoms with Gasteiger partial charge in [0.2, 0.25) is 0 Å². The van der Waals surface area contributed by atoms with E-state index in [-0.39, 0.29) is 18.1 Å². The predicted octanol–water partition coefficient (Wildman–Crippen LogP) is 4.24. The first-order chi connectivity index (χ1) is 10.9. The first-order valence-electron chi connectivity index (χ1n) is 6.58. The molecular formula is C16H13Br2NO4. The molecule has 1 amide bonds. The highest BCUT2D eigenvalue weighted by Gasteiger charge is 2.11. The highest BCUT2D eigenvalue weighted by Crippen LogP contribution is 2.32. The number of carboxylic acid groups (broad SMARTS) is 1. The molecule has 0 aliphatic carbocycles. The summed E-state index contributed by atoms with van der Waals surface area (Å²) in [7, 11) is 0. The van der Waals surface area contributed by atoms with Crippen LogP contribution in [0.3, 0.4) is 0 Å². The lowest BCUT2D eigenvalue weighted by Gasteiger charge is -2.12. The minimum absolute atomic E-state index is 0.107. The molecule has 23 heavy (non-hydrogen) atoms. The second-order valence-corrected chi connectivity index (χ2v) is 6.53. The van der Waals surface area contributed by atoms with Gasteiger partial charge in [-0.1, -0.05) is 22.0 Å². The molecule has 0 heterocycles. The lowest BCUT2D eigenvalue weighted by molar-refractivity contribution is -0.118. The van der Waals surface area contributed by atoms with Crippen molar-refractivity contribution >= 4 is 49.4 Å². The van der Waals surface area contributed by atoms with E-state index in [1.807, 2.05) is 19.1 Å². The molecule has 0 fully saturated rings. The van der Waals surface area contributed by atoms with Crippen LogP contribution in [0.25, 0.3) is 0 Å². The van der Waals surface area contributed by atoms with Gasteiger partial charge >= 0.3 is 5.97 Å². The van der Waals surface area contributed by atoms with E-state index in [1.54, 1.807) is 12.1 Å². The van der Waals surface area contributed by atoms with E-state index in [2.05, 4.69) is 37.2 Å². The van der Waals surface area contributed by atoms with Gasteiger partial charge in [-0.2, -0.15) is 0 Å². The number of aryl methyl sites for hydroxylation is 1. The number of amides is 1. The Hall–Kier alpha value is -1.86. The Morgan fingerprint density at radius 2 is 1.96 bits per heavy atom. The fourth-order valence-electron chi connectivity index (χ4n) is 1.94. The van der Waals surface area contributed by atoms with Gasteiger partial charge in [-0.15, -0.1) is 0 Å². The maximum atomic E-state index is 11.9. The summed E-state index contributed by atoms with van der Waals surface area (Å²) in [6.45, 7) is 1.69. The van der Waals surface area contributed by atoms with Gasteiger partial charge < -0.3 is 15.2 Å². The minimum atomic E-state index is -1.05. The number of hydrogen-bond donors (Lipinski definition) is 2. The summed E-state index contributed by atoms with van der Waals surface area (Å²) in [5.74, 6) is -0.837. The third-order valence-electron chi connectivity index (χ3n) is 2.93. The van der Waals surface area contributed by atoms with Crippen LogP contribution in [0.15, 0.2) is 45.3 Å². The lowest BCUT2D eigenvalue weighted by Crippen LogP contribution is -2.20. The Bertz CT molecular complexity index is 738. The van der Waals surface area contributed by atoms with Crippen molar-refractivity contribution < 1.29 is 19.4 Å². The third kappa shape index (κ3) is 4.80. The van der Waals surface area contributed by atoms with Crippen LogP contribution in [-0.2, 0) is 4.79 Å². The highest BCUT2D eigenvalue weighted by atomic mass is 79.9. The quantitative estimate of drug-likeness (QED) is 0.726. The van der Waals surface area contributed by atoms with E-state index in [0.29, 0.717) is 11.4 Å². The fourth-order valence-corrected chi connectivity index (χ4v) is 3.49. The molecule has 0 saturated carbocycles. The summed E-state index contributed by atoms with van der Waals surface area (Å²) in [5, 5.41) is 11.5. The van der Waals surface area contributed by atoms with Crippen molar-refractivity contribution in [1.82, 2.24) is 0 Å². The number of carbonyl (C=O) groups excluding carboxylic acids is 1. The van der Waals surface area contributed by atoms with Gasteiger partial charge in [-0.3, -0.25) is 4.79 Å². The van der Waals surface area contributed by atoms with Gasteiger partial charge in [-0.25, -0.2) is 4.79 Å². The molecule has 2 N–H and O–H groups in total. The molecule has 0 aromatic heterocycles. The summed E-state index contributed by atoms with van der Waals surface area (Å²) in [6.07, 6.45) is 0. The molecule has 2 rings (SSSR count). The summed E-state index contributed by atoms with van der Waals surface area (Å²) in [6, 6.07) is 9.74. The van der Waals surface area contributed by atoms with Gasteiger partial charge in [0.15, 0.2) is 6.61 Å². The molecule has 7 heteroatoms. The van der Waals surface area contributed by atoms with Crippen LogP contribution in [-0.4, -0.2) is 23.6 Å². The normalized spacial score (nSPS) is 10.2. The first-order valence-corrected chi connectivity index (χ1v) is 8.17. The summed E-state index contributed by atoms with van der Waals surface area (Å²) in [5.41, 5.74) is 1.40. The second kappa shape index (κ2) is 7.61. The van der Waals surface area contributed by atoms with Gasteiger partial charge in [0.25, 0.3) is 5.91 Å². The number of hydrogen-bond acceptors (Lipinski definition) is 3. The monoisotopic (exact) mass is 441 g/mol. The summed E-state index contributed by atoms with van der Waals surface area (Å²) >= 11 is 6.77. The molecule has 0 radical (unpaired) electrons. The van der Waals surface area contributed by atoms with Crippen molar-refractivity contribution in [2.24, 2.45) is 0 Å². The molecular weight excluding hydrogens is 430 g/mol. The van der Waals surface area contributed by atoms with Crippen molar-refractivity contribution in [3.8, 4) is 5.75 Å². The summed E-state index contributed by atoms with van der Waals surface area (Å²) in [4.78, 5) is 22.9. The van der Waals surface area contributed by atoms with Crippen molar-refractivity contribution in [3.05, 3.63) is 56.5 Å².